The highest BCUT2D eigenvalue weighted by Gasteiger charge is 2.30. The predicted octanol–water partition coefficient (Wildman–Crippen LogP) is 3.16. The molecule has 0 radical (unpaired) electrons. The average molecular weight is 417 g/mol. The van der Waals surface area contributed by atoms with Crippen LogP contribution in [0.25, 0.3) is 5.69 Å². The number of nitrogens with one attached hydrogen (secondary N) is 2. The second-order valence-corrected chi connectivity index (χ2v) is 7.33. The highest BCUT2D eigenvalue weighted by atomic mass is 19.4. The number of carbonyl (C=O) groups is 1. The molecule has 0 bridgehead atoms. The molecule has 0 saturated heterocycles. The van der Waals surface area contributed by atoms with Gasteiger partial charge in [0.05, 0.1) is 35.2 Å². The van der Waals surface area contributed by atoms with Gasteiger partial charge in [0, 0.05) is 5.69 Å². The quantitative estimate of drug-likeness (QED) is 0.648. The van der Waals surface area contributed by atoms with Crippen molar-refractivity contribution in [2.75, 3.05) is 18.9 Å². The molecule has 0 fully saturated rings. The molecule has 3 rings (SSSR count). The zero-order valence-electron chi connectivity index (χ0n) is 17.0. The second-order valence-electron chi connectivity index (χ2n) is 7.33. The number of anilines is 1. The Morgan fingerprint density at radius 2 is 1.70 bits per heavy atom. The molecule has 1 atom stereocenters. The van der Waals surface area contributed by atoms with Crippen molar-refractivity contribution < 1.29 is 22.9 Å². The fraction of sp³-hybridized carbons (Fsp3) is 0.273. The highest BCUT2D eigenvalue weighted by molar-refractivity contribution is 5.91. The predicted molar refractivity (Wildman–Crippen MR) is 109 cm³/mol. The minimum Gasteiger partial charge on any atom is -0.326 e. The maximum absolute atomic E-state index is 12.6. The Balaban J connectivity index is 1.62. The van der Waals surface area contributed by atoms with E-state index < -0.39 is 11.7 Å². The summed E-state index contributed by atoms with van der Waals surface area (Å²) in [6.07, 6.45) is -4.40. The number of rotatable bonds is 6. The average Bonchev–Trinajstić information content (AvgIpc) is 2.96. The van der Waals surface area contributed by atoms with Crippen molar-refractivity contribution in [3.8, 4) is 5.69 Å². The lowest BCUT2D eigenvalue weighted by molar-refractivity contribution is -0.885. The van der Waals surface area contributed by atoms with Crippen LogP contribution in [0.2, 0.25) is 0 Å². The first-order chi connectivity index (χ1) is 14.1. The number of aromatic nitrogens is 2. The molecule has 0 saturated carbocycles. The molecular weight excluding hydrogens is 393 g/mol. The van der Waals surface area contributed by atoms with Gasteiger partial charge in [-0.1, -0.05) is 18.2 Å². The zero-order valence-corrected chi connectivity index (χ0v) is 17.0. The summed E-state index contributed by atoms with van der Waals surface area (Å²) in [4.78, 5) is 13.3. The third kappa shape index (κ3) is 5.07. The topological polar surface area (TPSA) is 51.4 Å². The van der Waals surface area contributed by atoms with Crippen LogP contribution in [-0.2, 0) is 17.5 Å². The van der Waals surface area contributed by atoms with Crippen molar-refractivity contribution in [3.63, 3.8) is 0 Å². The summed E-state index contributed by atoms with van der Waals surface area (Å²) in [5, 5.41) is 7.27. The number of hydrogen-bond acceptors (Lipinski definition) is 2. The summed E-state index contributed by atoms with van der Waals surface area (Å²) in [6, 6.07) is 14.2. The minimum absolute atomic E-state index is 0.177. The molecular formula is C22H24F3N4O+. The van der Waals surface area contributed by atoms with Crippen LogP contribution in [0.1, 0.15) is 22.5 Å². The Hall–Kier alpha value is -3.13. The number of likely N-dealkylation sites (N-methyl/N-ethyl adjacent to an activating group) is 1. The van der Waals surface area contributed by atoms with Gasteiger partial charge in [0.25, 0.3) is 5.91 Å². The molecule has 2 N–H and O–H groups in total. The maximum atomic E-state index is 12.6. The number of carbonyl (C=O) groups excluding carboxylic acids is 1. The minimum atomic E-state index is -4.40. The molecule has 8 heteroatoms. The summed E-state index contributed by atoms with van der Waals surface area (Å²) in [6.45, 7) is 4.72. The van der Waals surface area contributed by atoms with Crippen LogP contribution >= 0.6 is 0 Å². The second kappa shape index (κ2) is 8.71. The van der Waals surface area contributed by atoms with Crippen LogP contribution in [0.15, 0.2) is 54.6 Å². The van der Waals surface area contributed by atoms with Gasteiger partial charge in [-0.25, -0.2) is 4.68 Å². The van der Waals surface area contributed by atoms with Crippen molar-refractivity contribution >= 4 is 11.6 Å². The highest BCUT2D eigenvalue weighted by Crippen LogP contribution is 2.29. The van der Waals surface area contributed by atoms with Crippen LogP contribution in [0, 0.1) is 13.8 Å². The maximum Gasteiger partial charge on any atom is 0.416 e. The first kappa shape index (κ1) is 21.6. The van der Waals surface area contributed by atoms with Gasteiger partial charge in [0.2, 0.25) is 0 Å². The lowest BCUT2D eigenvalue weighted by Crippen LogP contribution is -3.08. The van der Waals surface area contributed by atoms with Crippen LogP contribution in [0.5, 0.6) is 0 Å². The van der Waals surface area contributed by atoms with E-state index in [-0.39, 0.29) is 12.5 Å². The number of quaternary nitrogens is 1. The number of hydrogen-bond donors (Lipinski definition) is 2. The van der Waals surface area contributed by atoms with Gasteiger partial charge in [0.15, 0.2) is 6.54 Å². The molecule has 0 spiro atoms. The molecule has 30 heavy (non-hydrogen) atoms. The van der Waals surface area contributed by atoms with E-state index in [1.165, 1.54) is 12.1 Å². The van der Waals surface area contributed by atoms with Crippen molar-refractivity contribution in [2.24, 2.45) is 0 Å². The first-order valence-electron chi connectivity index (χ1n) is 9.54. The standard InChI is InChI=1S/C22H23F3N4O/c1-15-20(16(2)29(27-15)19-7-5-4-6-8-19)13-28(3)14-21(30)26-18-11-9-17(10-12-18)22(23,24)25/h4-12H,13-14H2,1-3H3,(H,26,30)/p+1. The number of para-hydroxylation sites is 1. The smallest absolute Gasteiger partial charge is 0.326 e. The zero-order chi connectivity index (χ0) is 21.9. The Labute approximate surface area is 173 Å². The van der Waals surface area contributed by atoms with Crippen LogP contribution in [0.3, 0.4) is 0 Å². The van der Waals surface area contributed by atoms with Crippen molar-refractivity contribution in [2.45, 2.75) is 26.6 Å². The van der Waals surface area contributed by atoms with E-state index in [2.05, 4.69) is 10.4 Å². The molecule has 1 heterocycles. The lowest BCUT2D eigenvalue weighted by atomic mass is 10.2. The number of benzene rings is 2. The molecule has 1 unspecified atom stereocenters. The Bertz CT molecular complexity index is 1010. The number of aryl methyl sites for hydroxylation is 1. The molecule has 0 aliphatic heterocycles. The molecule has 0 aliphatic carbocycles. The third-order valence-electron chi connectivity index (χ3n) is 4.88. The summed E-state index contributed by atoms with van der Waals surface area (Å²) < 4.78 is 39.8. The molecule has 5 nitrogen and oxygen atoms in total. The number of amides is 1. The summed E-state index contributed by atoms with van der Waals surface area (Å²) in [7, 11) is 1.89. The molecule has 3 aromatic rings. The first-order valence-corrected chi connectivity index (χ1v) is 9.54. The summed E-state index contributed by atoms with van der Waals surface area (Å²) in [5.41, 5.74) is 3.55. The SMILES string of the molecule is Cc1nn(-c2ccccc2)c(C)c1C[NH+](C)CC(=O)Nc1ccc(C(F)(F)F)cc1. The van der Waals surface area contributed by atoms with Gasteiger partial charge in [-0.2, -0.15) is 18.3 Å². The Morgan fingerprint density at radius 1 is 1.07 bits per heavy atom. The molecule has 1 amide bonds. The van der Waals surface area contributed by atoms with E-state index in [0.717, 1.165) is 39.7 Å². The number of nitrogens with zero attached hydrogens (tertiary/aromatic N) is 2. The molecule has 158 valence electrons. The van der Waals surface area contributed by atoms with E-state index in [9.17, 15) is 18.0 Å². The molecule has 2 aromatic carbocycles. The summed E-state index contributed by atoms with van der Waals surface area (Å²) in [5.74, 6) is -0.266. The normalized spacial score (nSPS) is 12.6. The van der Waals surface area contributed by atoms with E-state index >= 15 is 0 Å². The van der Waals surface area contributed by atoms with E-state index in [0.29, 0.717) is 12.2 Å². The number of alkyl halides is 3. The van der Waals surface area contributed by atoms with Crippen molar-refractivity contribution in [1.82, 2.24) is 9.78 Å². The largest absolute Gasteiger partial charge is 0.416 e. The monoisotopic (exact) mass is 417 g/mol. The van der Waals surface area contributed by atoms with Crippen molar-refractivity contribution in [3.05, 3.63) is 77.1 Å². The van der Waals surface area contributed by atoms with Gasteiger partial charge in [-0.05, 0) is 50.2 Å². The lowest BCUT2D eigenvalue weighted by Gasteiger charge is -2.15. The van der Waals surface area contributed by atoms with Crippen molar-refractivity contribution in [1.29, 1.82) is 0 Å². The molecule has 1 aromatic heterocycles. The van der Waals surface area contributed by atoms with Gasteiger partial charge in [-0.3, -0.25) is 4.79 Å². The molecule has 0 aliphatic rings. The van der Waals surface area contributed by atoms with Gasteiger partial charge < -0.3 is 10.2 Å². The van der Waals surface area contributed by atoms with Crippen LogP contribution in [0.4, 0.5) is 18.9 Å². The number of halogens is 3. The third-order valence-corrected chi connectivity index (χ3v) is 4.88. The van der Waals surface area contributed by atoms with Crippen LogP contribution < -0.4 is 10.2 Å². The van der Waals surface area contributed by atoms with Gasteiger partial charge in [-0.15, -0.1) is 0 Å². The fourth-order valence-electron chi connectivity index (χ4n) is 3.34. The van der Waals surface area contributed by atoms with E-state index in [1.54, 1.807) is 0 Å². The fourth-order valence-corrected chi connectivity index (χ4v) is 3.34. The van der Waals surface area contributed by atoms with Gasteiger partial charge >= 0.3 is 6.18 Å². The Morgan fingerprint density at radius 3 is 2.30 bits per heavy atom. The van der Waals surface area contributed by atoms with Crippen LogP contribution in [-0.4, -0.2) is 29.3 Å². The Kier molecular flexibility index (Phi) is 6.26. The van der Waals surface area contributed by atoms with E-state index in [4.69, 9.17) is 0 Å². The van der Waals surface area contributed by atoms with E-state index in [1.807, 2.05) is 55.9 Å². The van der Waals surface area contributed by atoms with Gasteiger partial charge in [0.1, 0.15) is 6.54 Å². The summed E-state index contributed by atoms with van der Waals surface area (Å²) >= 11 is 0.